The van der Waals surface area contributed by atoms with Crippen molar-refractivity contribution in [1.82, 2.24) is 14.5 Å². The van der Waals surface area contributed by atoms with Crippen LogP contribution in [0.25, 0.3) is 6.08 Å². The minimum absolute atomic E-state index is 0.248. The molecule has 1 aliphatic carbocycles. The van der Waals surface area contributed by atoms with E-state index in [1.54, 1.807) is 30.1 Å². The third-order valence-electron chi connectivity index (χ3n) is 3.72. The van der Waals surface area contributed by atoms with Gasteiger partial charge in [0.2, 0.25) is 10.0 Å². The van der Waals surface area contributed by atoms with Crippen molar-refractivity contribution < 1.29 is 8.42 Å². The van der Waals surface area contributed by atoms with Crippen LogP contribution in [0.15, 0.2) is 41.4 Å². The predicted octanol–water partition coefficient (Wildman–Crippen LogP) is 1.83. The van der Waals surface area contributed by atoms with Crippen molar-refractivity contribution in [3.63, 3.8) is 0 Å². The lowest BCUT2D eigenvalue weighted by Crippen LogP contribution is -2.26. The molecule has 0 aliphatic heterocycles. The zero-order valence-corrected chi connectivity index (χ0v) is 12.6. The average Bonchev–Trinajstić information content (AvgIpc) is 2.90. The second-order valence-electron chi connectivity index (χ2n) is 5.08. The van der Waals surface area contributed by atoms with Crippen LogP contribution < -0.4 is 4.72 Å². The molecular weight excluding hydrogens is 286 g/mol. The summed E-state index contributed by atoms with van der Waals surface area (Å²) in [6.45, 7) is 0.248. The molecular formula is C15H17N3O2S. The van der Waals surface area contributed by atoms with Crippen LogP contribution in [0.4, 0.5) is 0 Å². The van der Waals surface area contributed by atoms with Crippen LogP contribution in [-0.2, 0) is 30.0 Å². The molecule has 1 N–H and O–H groups in total. The number of sulfonamides is 1. The Balaban J connectivity index is 1.80. The van der Waals surface area contributed by atoms with Gasteiger partial charge in [0.1, 0.15) is 0 Å². The summed E-state index contributed by atoms with van der Waals surface area (Å²) in [4.78, 5) is 0.448. The smallest absolute Gasteiger partial charge is 0.237 e. The molecule has 1 heterocycles. The summed E-state index contributed by atoms with van der Waals surface area (Å²) in [5.74, 6) is 0. The van der Waals surface area contributed by atoms with Crippen LogP contribution in [0.1, 0.15) is 23.2 Å². The molecule has 0 amide bonds. The van der Waals surface area contributed by atoms with E-state index in [-0.39, 0.29) is 6.54 Å². The fourth-order valence-corrected chi connectivity index (χ4v) is 3.63. The maximum atomic E-state index is 12.4. The van der Waals surface area contributed by atoms with Crippen LogP contribution in [0.5, 0.6) is 0 Å². The minimum Gasteiger partial charge on any atom is -0.271 e. The standard InChI is InChI=1S/C15H17N3O2S/c1-18-14(8-9-16-18)11-17-21(19,20)15-7-6-12-4-2-3-5-13(12)10-15/h2-5,8-10,17H,6-7,11H2,1H3. The molecule has 0 fully saturated rings. The van der Waals surface area contributed by atoms with E-state index in [2.05, 4.69) is 9.82 Å². The number of rotatable bonds is 4. The molecule has 1 aromatic carbocycles. The summed E-state index contributed by atoms with van der Waals surface area (Å²) in [6.07, 6.45) is 4.72. The minimum atomic E-state index is -3.45. The Morgan fingerprint density at radius 1 is 1.24 bits per heavy atom. The Bertz CT molecular complexity index is 791. The summed E-state index contributed by atoms with van der Waals surface area (Å²) in [5, 5.41) is 4.03. The topological polar surface area (TPSA) is 64.0 Å². The zero-order valence-electron chi connectivity index (χ0n) is 11.8. The summed E-state index contributed by atoms with van der Waals surface area (Å²) in [6, 6.07) is 9.69. The predicted molar refractivity (Wildman–Crippen MR) is 81.7 cm³/mol. The SMILES string of the molecule is Cn1nccc1CNS(=O)(=O)C1=Cc2ccccc2CC1. The Morgan fingerprint density at radius 2 is 2.05 bits per heavy atom. The van der Waals surface area contributed by atoms with Crippen molar-refractivity contribution >= 4 is 16.1 Å². The van der Waals surface area contributed by atoms with E-state index in [1.165, 1.54) is 5.56 Å². The number of allylic oxidation sites excluding steroid dienone is 1. The number of nitrogens with zero attached hydrogens (tertiary/aromatic N) is 2. The number of hydrogen-bond donors (Lipinski definition) is 1. The normalized spacial score (nSPS) is 14.6. The summed E-state index contributed by atoms with van der Waals surface area (Å²) in [7, 11) is -1.66. The van der Waals surface area contributed by atoms with Gasteiger partial charge < -0.3 is 0 Å². The molecule has 2 aromatic rings. The fourth-order valence-electron chi connectivity index (χ4n) is 2.45. The van der Waals surface area contributed by atoms with Gasteiger partial charge in [-0.1, -0.05) is 24.3 Å². The van der Waals surface area contributed by atoms with Gasteiger partial charge in [0.05, 0.1) is 17.1 Å². The van der Waals surface area contributed by atoms with Gasteiger partial charge in [-0.05, 0) is 36.1 Å². The maximum Gasteiger partial charge on any atom is 0.237 e. The number of fused-ring (bicyclic) bond motifs is 1. The van der Waals surface area contributed by atoms with Gasteiger partial charge in [-0.2, -0.15) is 5.10 Å². The molecule has 0 spiro atoms. The van der Waals surface area contributed by atoms with Crippen LogP contribution in [0, 0.1) is 0 Å². The van der Waals surface area contributed by atoms with Gasteiger partial charge in [-0.25, -0.2) is 13.1 Å². The Morgan fingerprint density at radius 3 is 2.81 bits per heavy atom. The molecule has 3 rings (SSSR count). The van der Waals surface area contributed by atoms with E-state index < -0.39 is 10.0 Å². The average molecular weight is 303 g/mol. The maximum absolute atomic E-state index is 12.4. The number of benzene rings is 1. The molecule has 0 atom stereocenters. The number of nitrogens with one attached hydrogen (secondary N) is 1. The first-order chi connectivity index (χ1) is 10.1. The van der Waals surface area contributed by atoms with Crippen molar-refractivity contribution in [2.24, 2.45) is 7.05 Å². The second-order valence-corrected chi connectivity index (χ2v) is 6.90. The fraction of sp³-hybridized carbons (Fsp3) is 0.267. The number of aryl methyl sites for hydroxylation is 2. The number of hydrogen-bond acceptors (Lipinski definition) is 3. The molecule has 0 bridgehead atoms. The highest BCUT2D eigenvalue weighted by atomic mass is 32.2. The first-order valence-electron chi connectivity index (χ1n) is 6.81. The molecule has 1 aliphatic rings. The second kappa shape index (κ2) is 5.46. The molecule has 0 radical (unpaired) electrons. The van der Waals surface area contributed by atoms with Crippen molar-refractivity contribution in [2.45, 2.75) is 19.4 Å². The van der Waals surface area contributed by atoms with E-state index >= 15 is 0 Å². The lowest BCUT2D eigenvalue weighted by Gasteiger charge is -2.17. The van der Waals surface area contributed by atoms with E-state index in [4.69, 9.17) is 0 Å². The van der Waals surface area contributed by atoms with Gasteiger partial charge in [-0.15, -0.1) is 0 Å². The van der Waals surface area contributed by atoms with Gasteiger partial charge in [-0.3, -0.25) is 4.68 Å². The highest BCUT2D eigenvalue weighted by Gasteiger charge is 2.21. The highest BCUT2D eigenvalue weighted by molar-refractivity contribution is 7.93. The van der Waals surface area contributed by atoms with Crippen molar-refractivity contribution in [1.29, 1.82) is 0 Å². The van der Waals surface area contributed by atoms with E-state index in [0.717, 1.165) is 17.7 Å². The molecule has 0 unspecified atom stereocenters. The monoisotopic (exact) mass is 303 g/mol. The summed E-state index contributed by atoms with van der Waals surface area (Å²) in [5.41, 5.74) is 3.02. The molecule has 21 heavy (non-hydrogen) atoms. The molecule has 0 saturated heterocycles. The zero-order chi connectivity index (χ0) is 14.9. The molecule has 1 aromatic heterocycles. The van der Waals surface area contributed by atoms with Crippen LogP contribution in [0.3, 0.4) is 0 Å². The van der Waals surface area contributed by atoms with E-state index in [1.807, 2.05) is 24.3 Å². The highest BCUT2D eigenvalue weighted by Crippen LogP contribution is 2.26. The molecule has 6 heteroatoms. The quantitative estimate of drug-likeness (QED) is 0.937. The lowest BCUT2D eigenvalue weighted by atomic mass is 9.98. The third-order valence-corrected chi connectivity index (χ3v) is 5.26. The van der Waals surface area contributed by atoms with Gasteiger partial charge in [0, 0.05) is 13.2 Å². The van der Waals surface area contributed by atoms with Gasteiger partial charge >= 0.3 is 0 Å². The molecule has 0 saturated carbocycles. The third kappa shape index (κ3) is 2.91. The summed E-state index contributed by atoms with van der Waals surface area (Å²) < 4.78 is 29.1. The molecule has 5 nitrogen and oxygen atoms in total. The van der Waals surface area contributed by atoms with E-state index in [9.17, 15) is 8.42 Å². The Hall–Kier alpha value is -1.92. The Labute approximate surface area is 124 Å². The van der Waals surface area contributed by atoms with Crippen LogP contribution in [-0.4, -0.2) is 18.2 Å². The van der Waals surface area contributed by atoms with Gasteiger partial charge in [0.15, 0.2) is 0 Å². The summed E-state index contributed by atoms with van der Waals surface area (Å²) >= 11 is 0. The first kappa shape index (κ1) is 14.0. The van der Waals surface area contributed by atoms with E-state index in [0.29, 0.717) is 11.3 Å². The van der Waals surface area contributed by atoms with Crippen LogP contribution in [0.2, 0.25) is 0 Å². The van der Waals surface area contributed by atoms with Crippen molar-refractivity contribution in [3.8, 4) is 0 Å². The Kier molecular flexibility index (Phi) is 3.65. The largest absolute Gasteiger partial charge is 0.271 e. The van der Waals surface area contributed by atoms with Crippen molar-refractivity contribution in [3.05, 3.63) is 58.3 Å². The molecule has 110 valence electrons. The van der Waals surface area contributed by atoms with Crippen molar-refractivity contribution in [2.75, 3.05) is 0 Å². The number of aromatic nitrogens is 2. The van der Waals surface area contributed by atoms with Crippen LogP contribution >= 0.6 is 0 Å². The van der Waals surface area contributed by atoms with Gasteiger partial charge in [0.25, 0.3) is 0 Å². The lowest BCUT2D eigenvalue weighted by molar-refractivity contribution is 0.581. The first-order valence-corrected chi connectivity index (χ1v) is 8.29.